The smallest absolute Gasteiger partial charge is 0.0975 e. The molecule has 1 unspecified atom stereocenters. The second-order valence-corrected chi connectivity index (χ2v) is 3.20. The number of nitrogens with one attached hydrogen (secondary N) is 1. The van der Waals surface area contributed by atoms with Gasteiger partial charge in [-0.25, -0.2) is 0 Å². The number of hydrogen-bond donors (Lipinski definition) is 2. The van der Waals surface area contributed by atoms with Gasteiger partial charge < -0.3 is 10.6 Å². The quantitative estimate of drug-likeness (QED) is 0.409. The molecule has 4 nitrogen and oxygen atoms in total. The first kappa shape index (κ1) is 9.18. The minimum Gasteiger partial charge on any atom is -0.357 e. The third-order valence-corrected chi connectivity index (χ3v) is 2.25. The van der Waals surface area contributed by atoms with Gasteiger partial charge in [0.25, 0.3) is 0 Å². The van der Waals surface area contributed by atoms with Gasteiger partial charge in [-0.1, -0.05) is 24.3 Å². The molecule has 1 aromatic carbocycles. The summed E-state index contributed by atoms with van der Waals surface area (Å²) in [5.41, 5.74) is 2.19. The second-order valence-electron chi connectivity index (χ2n) is 3.20. The fourth-order valence-electron chi connectivity index (χ4n) is 1.51. The Balaban J connectivity index is 2.12. The first-order chi connectivity index (χ1) is 6.90. The maximum absolute atomic E-state index is 5.47. The normalized spacial score (nSPS) is 21.9. The van der Waals surface area contributed by atoms with Gasteiger partial charge in [-0.3, -0.25) is 5.32 Å². The molecule has 1 saturated heterocycles. The molecule has 0 radical (unpaired) electrons. The van der Waals surface area contributed by atoms with Crippen molar-refractivity contribution in [3.63, 3.8) is 0 Å². The van der Waals surface area contributed by atoms with Gasteiger partial charge in [-0.05, 0) is 11.1 Å². The van der Waals surface area contributed by atoms with E-state index in [1.54, 1.807) is 6.21 Å². The monoisotopic (exact) mass is 191 g/mol. The summed E-state index contributed by atoms with van der Waals surface area (Å²) in [5, 5.41) is 6.61. The molecule has 3 N–H and O–H groups in total. The zero-order valence-electron chi connectivity index (χ0n) is 7.81. The summed E-state index contributed by atoms with van der Waals surface area (Å²) in [6.45, 7) is 1.51. The van der Waals surface area contributed by atoms with Crippen LogP contribution in [0.25, 0.3) is 0 Å². The maximum atomic E-state index is 5.47. The highest BCUT2D eigenvalue weighted by Crippen LogP contribution is 2.19. The third-order valence-electron chi connectivity index (χ3n) is 2.25. The predicted octanol–water partition coefficient (Wildman–Crippen LogP) is 0.598. The van der Waals surface area contributed by atoms with E-state index in [0.29, 0.717) is 6.73 Å². The molecule has 0 bridgehead atoms. The number of hydrogen-bond acceptors (Lipinski definition) is 4. The average molecular weight is 191 g/mol. The summed E-state index contributed by atoms with van der Waals surface area (Å²) < 4.78 is 5.47. The lowest BCUT2D eigenvalue weighted by Crippen LogP contribution is -2.07. The molecule has 0 saturated carbocycles. The van der Waals surface area contributed by atoms with E-state index >= 15 is 0 Å². The fourth-order valence-corrected chi connectivity index (χ4v) is 1.51. The molecule has 1 aliphatic heterocycles. The van der Waals surface area contributed by atoms with Crippen LogP contribution in [0, 0.1) is 0 Å². The zero-order valence-corrected chi connectivity index (χ0v) is 7.81. The summed E-state index contributed by atoms with van der Waals surface area (Å²) in [5.74, 6) is 5.06. The van der Waals surface area contributed by atoms with Crippen LogP contribution in [-0.4, -0.2) is 19.5 Å². The van der Waals surface area contributed by atoms with Gasteiger partial charge in [-0.15, -0.1) is 0 Å². The van der Waals surface area contributed by atoms with Gasteiger partial charge in [-0.2, -0.15) is 5.10 Å². The van der Waals surface area contributed by atoms with E-state index in [9.17, 15) is 0 Å². The van der Waals surface area contributed by atoms with Crippen LogP contribution in [0.2, 0.25) is 0 Å². The highest BCUT2D eigenvalue weighted by molar-refractivity contribution is 5.79. The van der Waals surface area contributed by atoms with Crippen molar-refractivity contribution in [2.75, 3.05) is 13.3 Å². The van der Waals surface area contributed by atoms with Gasteiger partial charge in [0.2, 0.25) is 0 Å². The summed E-state index contributed by atoms with van der Waals surface area (Å²) in [4.78, 5) is 0. The molecule has 2 rings (SSSR count). The van der Waals surface area contributed by atoms with Crippen molar-refractivity contribution in [2.45, 2.75) is 6.10 Å². The van der Waals surface area contributed by atoms with Gasteiger partial charge in [0.1, 0.15) is 0 Å². The average Bonchev–Trinajstić information content (AvgIpc) is 2.72. The van der Waals surface area contributed by atoms with Crippen LogP contribution in [0.4, 0.5) is 0 Å². The molecular weight excluding hydrogens is 178 g/mol. The van der Waals surface area contributed by atoms with Gasteiger partial charge in [0.05, 0.1) is 19.0 Å². The van der Waals surface area contributed by atoms with Crippen LogP contribution in [0.15, 0.2) is 29.4 Å². The summed E-state index contributed by atoms with van der Waals surface area (Å²) >= 11 is 0. The standard InChI is InChI=1S/C10H13N3O/c11-13-5-8-1-3-9(4-2-8)10-6-12-7-14-10/h1-5,10,12H,6-7,11H2. The van der Waals surface area contributed by atoms with Crippen molar-refractivity contribution in [3.8, 4) is 0 Å². The van der Waals surface area contributed by atoms with Crippen LogP contribution in [0.5, 0.6) is 0 Å². The molecule has 1 aliphatic rings. The molecule has 1 heterocycles. The molecule has 74 valence electrons. The molecule has 1 atom stereocenters. The van der Waals surface area contributed by atoms with Crippen molar-refractivity contribution >= 4 is 6.21 Å². The highest BCUT2D eigenvalue weighted by atomic mass is 16.5. The van der Waals surface area contributed by atoms with E-state index in [0.717, 1.165) is 12.1 Å². The Morgan fingerprint density at radius 1 is 1.43 bits per heavy atom. The zero-order chi connectivity index (χ0) is 9.80. The van der Waals surface area contributed by atoms with Crippen molar-refractivity contribution < 1.29 is 4.74 Å². The van der Waals surface area contributed by atoms with E-state index in [1.165, 1.54) is 5.56 Å². The first-order valence-corrected chi connectivity index (χ1v) is 4.55. The Morgan fingerprint density at radius 3 is 2.79 bits per heavy atom. The number of benzene rings is 1. The van der Waals surface area contributed by atoms with Gasteiger partial charge in [0.15, 0.2) is 0 Å². The van der Waals surface area contributed by atoms with E-state index in [4.69, 9.17) is 10.6 Å². The Morgan fingerprint density at radius 2 is 2.21 bits per heavy atom. The lowest BCUT2D eigenvalue weighted by molar-refractivity contribution is 0.114. The van der Waals surface area contributed by atoms with Gasteiger partial charge >= 0.3 is 0 Å². The fraction of sp³-hybridized carbons (Fsp3) is 0.300. The Labute approximate surface area is 82.8 Å². The maximum Gasteiger partial charge on any atom is 0.0975 e. The molecule has 0 aromatic heterocycles. The molecule has 0 aliphatic carbocycles. The second kappa shape index (κ2) is 4.21. The number of ether oxygens (including phenoxy) is 1. The Kier molecular flexibility index (Phi) is 2.76. The van der Waals surface area contributed by atoms with Crippen molar-refractivity contribution in [3.05, 3.63) is 35.4 Å². The molecular formula is C10H13N3O. The minimum absolute atomic E-state index is 0.180. The minimum atomic E-state index is 0.180. The Hall–Kier alpha value is -1.39. The molecule has 1 fully saturated rings. The number of rotatable bonds is 2. The molecule has 14 heavy (non-hydrogen) atoms. The molecule has 4 heteroatoms. The van der Waals surface area contributed by atoms with Crippen molar-refractivity contribution in [2.24, 2.45) is 10.9 Å². The first-order valence-electron chi connectivity index (χ1n) is 4.55. The topological polar surface area (TPSA) is 59.6 Å². The number of nitrogens with two attached hydrogens (primary N) is 1. The highest BCUT2D eigenvalue weighted by Gasteiger charge is 2.16. The summed E-state index contributed by atoms with van der Waals surface area (Å²) in [6, 6.07) is 8.03. The van der Waals surface area contributed by atoms with Crippen molar-refractivity contribution in [1.29, 1.82) is 0 Å². The van der Waals surface area contributed by atoms with Gasteiger partial charge in [0, 0.05) is 6.54 Å². The summed E-state index contributed by atoms with van der Waals surface area (Å²) in [6.07, 6.45) is 1.80. The van der Waals surface area contributed by atoms with Crippen LogP contribution in [-0.2, 0) is 4.74 Å². The Bertz CT molecular complexity index is 315. The summed E-state index contributed by atoms with van der Waals surface area (Å²) in [7, 11) is 0. The number of hydrazone groups is 1. The van der Waals surface area contributed by atoms with E-state index in [1.807, 2.05) is 24.3 Å². The van der Waals surface area contributed by atoms with E-state index in [-0.39, 0.29) is 6.10 Å². The van der Waals surface area contributed by atoms with Crippen LogP contribution in [0.1, 0.15) is 17.2 Å². The van der Waals surface area contributed by atoms with Crippen LogP contribution in [0.3, 0.4) is 0 Å². The molecule has 1 aromatic rings. The predicted molar refractivity (Wildman–Crippen MR) is 54.9 cm³/mol. The lowest BCUT2D eigenvalue weighted by Gasteiger charge is -2.08. The third kappa shape index (κ3) is 1.92. The lowest BCUT2D eigenvalue weighted by atomic mass is 10.1. The molecule has 0 amide bonds. The van der Waals surface area contributed by atoms with Crippen LogP contribution < -0.4 is 11.2 Å². The van der Waals surface area contributed by atoms with Crippen LogP contribution >= 0.6 is 0 Å². The van der Waals surface area contributed by atoms with E-state index in [2.05, 4.69) is 10.4 Å². The molecule has 0 spiro atoms. The number of nitrogens with zero attached hydrogens (tertiary/aromatic N) is 1. The SMILES string of the molecule is NN=Cc1ccc(C2CNCO2)cc1. The van der Waals surface area contributed by atoms with E-state index < -0.39 is 0 Å². The largest absolute Gasteiger partial charge is 0.357 e. The van der Waals surface area contributed by atoms with Crippen molar-refractivity contribution in [1.82, 2.24) is 5.32 Å².